The van der Waals surface area contributed by atoms with Crippen LogP contribution in [-0.4, -0.2) is 51.3 Å². The van der Waals surface area contributed by atoms with E-state index in [0.29, 0.717) is 6.04 Å². The fourth-order valence-corrected chi connectivity index (χ4v) is 1.38. The van der Waals surface area contributed by atoms with Crippen molar-refractivity contribution in [1.82, 2.24) is 10.2 Å². The topological polar surface area (TPSA) is 24.5 Å². The Kier molecular flexibility index (Phi) is 8.40. The number of ether oxygens (including phenoxy) is 1. The molecule has 0 bridgehead atoms. The van der Waals surface area contributed by atoms with Crippen LogP contribution in [0.1, 0.15) is 20.3 Å². The van der Waals surface area contributed by atoms with Gasteiger partial charge in [0, 0.05) is 25.7 Å². The van der Waals surface area contributed by atoms with Gasteiger partial charge in [-0.05, 0) is 27.4 Å². The number of rotatable bonds is 8. The van der Waals surface area contributed by atoms with E-state index < -0.39 is 0 Å². The third-order valence-corrected chi connectivity index (χ3v) is 2.33. The van der Waals surface area contributed by atoms with Crippen molar-refractivity contribution in [3.8, 4) is 0 Å². The molecule has 0 rings (SSSR count). The molecule has 3 heteroatoms. The molecule has 0 aliphatic heterocycles. The molecule has 0 fully saturated rings. The quantitative estimate of drug-likeness (QED) is 0.574. The number of likely N-dealkylation sites (N-methyl/N-ethyl adjacent to an activating group) is 2. The molecule has 0 aliphatic rings. The van der Waals surface area contributed by atoms with E-state index in [0.717, 1.165) is 26.3 Å². The highest BCUT2D eigenvalue weighted by atomic mass is 16.5. The van der Waals surface area contributed by atoms with Crippen LogP contribution in [-0.2, 0) is 4.74 Å². The Morgan fingerprint density at radius 3 is 2.54 bits per heavy atom. The lowest BCUT2D eigenvalue weighted by Crippen LogP contribution is -2.40. The predicted molar refractivity (Wildman–Crippen MR) is 57.1 cm³/mol. The summed E-state index contributed by atoms with van der Waals surface area (Å²) in [5.74, 6) is 0. The summed E-state index contributed by atoms with van der Waals surface area (Å²) in [5.41, 5.74) is 0. The summed E-state index contributed by atoms with van der Waals surface area (Å²) in [7, 11) is 4.16. The monoisotopic (exact) mass is 188 g/mol. The summed E-state index contributed by atoms with van der Waals surface area (Å²) >= 11 is 0. The third-order valence-electron chi connectivity index (χ3n) is 2.33. The van der Waals surface area contributed by atoms with Crippen molar-refractivity contribution in [3.63, 3.8) is 0 Å². The van der Waals surface area contributed by atoms with Gasteiger partial charge in [-0.3, -0.25) is 4.90 Å². The molecule has 0 saturated heterocycles. The molecule has 0 radical (unpaired) electrons. The molecule has 0 aromatic carbocycles. The molecule has 1 N–H and O–H groups in total. The largest absolute Gasteiger partial charge is 0.380 e. The fraction of sp³-hybridized carbons (Fsp3) is 1.00. The summed E-state index contributed by atoms with van der Waals surface area (Å²) in [6, 6.07) is 0.630. The first kappa shape index (κ1) is 12.9. The van der Waals surface area contributed by atoms with E-state index >= 15 is 0 Å². The van der Waals surface area contributed by atoms with Crippen molar-refractivity contribution < 1.29 is 4.74 Å². The highest BCUT2D eigenvalue weighted by Crippen LogP contribution is 1.99. The molecular weight excluding hydrogens is 164 g/mol. The molecule has 1 unspecified atom stereocenters. The van der Waals surface area contributed by atoms with Crippen LogP contribution in [0.5, 0.6) is 0 Å². The van der Waals surface area contributed by atoms with Crippen molar-refractivity contribution in [3.05, 3.63) is 0 Å². The molecule has 0 saturated carbocycles. The molecule has 0 spiro atoms. The zero-order chi connectivity index (χ0) is 10.1. The van der Waals surface area contributed by atoms with Crippen molar-refractivity contribution in [2.24, 2.45) is 0 Å². The normalized spacial score (nSPS) is 13.6. The third kappa shape index (κ3) is 6.02. The van der Waals surface area contributed by atoms with Gasteiger partial charge < -0.3 is 10.1 Å². The van der Waals surface area contributed by atoms with Crippen LogP contribution < -0.4 is 5.32 Å². The fourth-order valence-electron chi connectivity index (χ4n) is 1.38. The average Bonchev–Trinajstić information content (AvgIpc) is 2.14. The van der Waals surface area contributed by atoms with Crippen molar-refractivity contribution in [2.75, 3.05) is 40.4 Å². The number of hydrogen-bond acceptors (Lipinski definition) is 3. The summed E-state index contributed by atoms with van der Waals surface area (Å²) in [6.45, 7) is 7.99. The lowest BCUT2D eigenvalue weighted by atomic mass is 10.2. The lowest BCUT2D eigenvalue weighted by molar-refractivity contribution is 0.106. The molecule has 0 aromatic heterocycles. The number of nitrogens with zero attached hydrogens (tertiary/aromatic N) is 1. The molecule has 1 atom stereocenters. The average molecular weight is 188 g/mol. The zero-order valence-corrected chi connectivity index (χ0v) is 9.47. The maximum absolute atomic E-state index is 5.31. The highest BCUT2D eigenvalue weighted by Gasteiger charge is 2.10. The Balaban J connectivity index is 3.57. The van der Waals surface area contributed by atoms with E-state index in [-0.39, 0.29) is 0 Å². The van der Waals surface area contributed by atoms with Crippen molar-refractivity contribution in [2.45, 2.75) is 26.3 Å². The number of nitrogens with one attached hydrogen (secondary N) is 1. The Morgan fingerprint density at radius 2 is 2.08 bits per heavy atom. The first-order chi connectivity index (χ1) is 6.26. The molecule has 80 valence electrons. The predicted octanol–water partition coefficient (Wildman–Crippen LogP) is 0.953. The van der Waals surface area contributed by atoms with Gasteiger partial charge in [-0.15, -0.1) is 0 Å². The van der Waals surface area contributed by atoms with Crippen LogP contribution >= 0.6 is 0 Å². The second kappa shape index (κ2) is 8.48. The van der Waals surface area contributed by atoms with Gasteiger partial charge in [0.1, 0.15) is 0 Å². The summed E-state index contributed by atoms with van der Waals surface area (Å²) in [6.07, 6.45) is 1.18. The second-order valence-electron chi connectivity index (χ2n) is 3.30. The molecule has 0 amide bonds. The maximum atomic E-state index is 5.31. The molecule has 3 nitrogen and oxygen atoms in total. The maximum Gasteiger partial charge on any atom is 0.0593 e. The van der Waals surface area contributed by atoms with Crippen molar-refractivity contribution in [1.29, 1.82) is 0 Å². The van der Waals surface area contributed by atoms with Gasteiger partial charge in [0.05, 0.1) is 6.61 Å². The van der Waals surface area contributed by atoms with E-state index in [1.807, 2.05) is 14.0 Å². The van der Waals surface area contributed by atoms with E-state index in [9.17, 15) is 0 Å². The van der Waals surface area contributed by atoms with Crippen LogP contribution in [0, 0.1) is 0 Å². The van der Waals surface area contributed by atoms with Crippen molar-refractivity contribution >= 4 is 0 Å². The Hall–Kier alpha value is -0.120. The van der Waals surface area contributed by atoms with E-state index in [2.05, 4.69) is 24.2 Å². The van der Waals surface area contributed by atoms with Crippen LogP contribution in [0.4, 0.5) is 0 Å². The standard InChI is InChI=1S/C10H24N2O/c1-5-10(9-11-3)12(4)7-8-13-6-2/h10-11H,5-9H2,1-4H3. The Bertz CT molecular complexity index is 109. The molecule has 0 aliphatic carbocycles. The summed E-state index contributed by atoms with van der Waals surface area (Å²) in [4.78, 5) is 2.35. The minimum atomic E-state index is 0.630. The minimum absolute atomic E-state index is 0.630. The summed E-state index contributed by atoms with van der Waals surface area (Å²) < 4.78 is 5.31. The van der Waals surface area contributed by atoms with Crippen LogP contribution in [0.2, 0.25) is 0 Å². The lowest BCUT2D eigenvalue weighted by Gasteiger charge is -2.26. The van der Waals surface area contributed by atoms with E-state index in [1.54, 1.807) is 0 Å². The van der Waals surface area contributed by atoms with Gasteiger partial charge in [-0.25, -0.2) is 0 Å². The van der Waals surface area contributed by atoms with E-state index in [1.165, 1.54) is 6.42 Å². The molecule has 0 aromatic rings. The Morgan fingerprint density at radius 1 is 1.38 bits per heavy atom. The van der Waals surface area contributed by atoms with Gasteiger partial charge in [0.2, 0.25) is 0 Å². The zero-order valence-electron chi connectivity index (χ0n) is 9.47. The van der Waals surface area contributed by atoms with Crippen LogP contribution in [0.3, 0.4) is 0 Å². The first-order valence-corrected chi connectivity index (χ1v) is 5.18. The second-order valence-corrected chi connectivity index (χ2v) is 3.30. The Labute approximate surface area is 82.4 Å². The van der Waals surface area contributed by atoms with Crippen LogP contribution in [0.25, 0.3) is 0 Å². The summed E-state index contributed by atoms with van der Waals surface area (Å²) in [5, 5.41) is 3.21. The SMILES string of the molecule is CCOCCN(C)C(CC)CNC. The molecule has 13 heavy (non-hydrogen) atoms. The van der Waals surface area contributed by atoms with Gasteiger partial charge >= 0.3 is 0 Å². The highest BCUT2D eigenvalue weighted by molar-refractivity contribution is 4.68. The van der Waals surface area contributed by atoms with Gasteiger partial charge in [0.25, 0.3) is 0 Å². The van der Waals surface area contributed by atoms with Gasteiger partial charge in [0.15, 0.2) is 0 Å². The molecule has 0 heterocycles. The van der Waals surface area contributed by atoms with E-state index in [4.69, 9.17) is 4.74 Å². The van der Waals surface area contributed by atoms with Gasteiger partial charge in [-0.1, -0.05) is 6.92 Å². The molecular formula is C10H24N2O. The smallest absolute Gasteiger partial charge is 0.0593 e. The minimum Gasteiger partial charge on any atom is -0.380 e. The first-order valence-electron chi connectivity index (χ1n) is 5.18. The number of hydrogen-bond donors (Lipinski definition) is 1. The van der Waals surface area contributed by atoms with Crippen LogP contribution in [0.15, 0.2) is 0 Å². The van der Waals surface area contributed by atoms with Gasteiger partial charge in [-0.2, -0.15) is 0 Å².